The average Bonchev–Trinajstić information content (AvgIpc) is 3.23. The second kappa shape index (κ2) is 9.32. The second-order valence-electron chi connectivity index (χ2n) is 7.88. The number of piperazine rings is 1. The fourth-order valence-electron chi connectivity index (χ4n) is 4.21. The molecule has 1 fully saturated rings. The zero-order chi connectivity index (χ0) is 20.9. The third kappa shape index (κ3) is 4.34. The number of anilines is 1. The average molecular weight is 409 g/mol. The number of quaternary nitrogens is 1. The minimum Gasteiger partial charge on any atom is -0.383 e. The number of nitrogens with one attached hydrogen (secondary N) is 1. The standard InChI is InChI=1S/C22H29N7O/c1-17-7-8-18(2)20(16-17)27-10-12-28(13-11-27)21(19-6-4-5-9-23-19)22-24-25-26-29(22)14-15-30-3/h4-9,16,21H,10-15H2,1-3H3/p+1/t21-/m1/s1. The molecule has 3 heterocycles. The van der Waals surface area contributed by atoms with Crippen LogP contribution in [0, 0.1) is 13.8 Å². The number of hydrogen-bond donors (Lipinski definition) is 1. The first-order valence-corrected chi connectivity index (χ1v) is 10.5. The van der Waals surface area contributed by atoms with Crippen LogP contribution in [0.4, 0.5) is 5.69 Å². The van der Waals surface area contributed by atoms with E-state index >= 15 is 0 Å². The van der Waals surface area contributed by atoms with Crippen LogP contribution in [0.2, 0.25) is 0 Å². The Balaban J connectivity index is 1.57. The Morgan fingerprint density at radius 1 is 1.13 bits per heavy atom. The molecule has 4 rings (SSSR count). The van der Waals surface area contributed by atoms with E-state index in [1.807, 2.05) is 23.0 Å². The predicted octanol–water partition coefficient (Wildman–Crippen LogP) is 0.826. The van der Waals surface area contributed by atoms with Gasteiger partial charge in [-0.25, -0.2) is 4.68 Å². The molecule has 1 aliphatic heterocycles. The first kappa shape index (κ1) is 20.4. The quantitative estimate of drug-likeness (QED) is 0.624. The Kier molecular flexibility index (Phi) is 6.35. The number of tetrazole rings is 1. The molecule has 1 aromatic carbocycles. The van der Waals surface area contributed by atoms with Crippen molar-refractivity contribution < 1.29 is 9.64 Å². The molecule has 0 aliphatic carbocycles. The van der Waals surface area contributed by atoms with Gasteiger partial charge in [-0.05, 0) is 53.6 Å². The van der Waals surface area contributed by atoms with Gasteiger partial charge in [-0.2, -0.15) is 0 Å². The van der Waals surface area contributed by atoms with Gasteiger partial charge < -0.3 is 14.5 Å². The Labute approximate surface area is 177 Å². The van der Waals surface area contributed by atoms with Crippen LogP contribution in [0.1, 0.15) is 28.7 Å². The summed E-state index contributed by atoms with van der Waals surface area (Å²) in [5.74, 6) is 0.848. The summed E-state index contributed by atoms with van der Waals surface area (Å²) in [6.45, 7) is 9.51. The van der Waals surface area contributed by atoms with E-state index in [1.165, 1.54) is 21.7 Å². The Morgan fingerprint density at radius 2 is 1.97 bits per heavy atom. The lowest BCUT2D eigenvalue weighted by Gasteiger charge is -2.37. The Hall–Kier alpha value is -2.84. The molecule has 2 aromatic heterocycles. The molecule has 158 valence electrons. The molecule has 1 atom stereocenters. The summed E-state index contributed by atoms with van der Waals surface area (Å²) in [7, 11) is 1.69. The van der Waals surface area contributed by atoms with Crippen molar-refractivity contribution in [3.8, 4) is 0 Å². The number of nitrogens with zero attached hydrogens (tertiary/aromatic N) is 6. The van der Waals surface area contributed by atoms with E-state index in [0.29, 0.717) is 13.2 Å². The minimum atomic E-state index is -0.00110. The van der Waals surface area contributed by atoms with E-state index in [-0.39, 0.29) is 6.04 Å². The number of aryl methyl sites for hydroxylation is 2. The second-order valence-corrected chi connectivity index (χ2v) is 7.88. The van der Waals surface area contributed by atoms with E-state index in [0.717, 1.165) is 37.7 Å². The van der Waals surface area contributed by atoms with Gasteiger partial charge in [-0.1, -0.05) is 18.2 Å². The van der Waals surface area contributed by atoms with Crippen molar-refractivity contribution in [2.45, 2.75) is 26.4 Å². The van der Waals surface area contributed by atoms with Gasteiger partial charge >= 0.3 is 0 Å². The van der Waals surface area contributed by atoms with Crippen LogP contribution in [0.5, 0.6) is 0 Å². The van der Waals surface area contributed by atoms with Crippen molar-refractivity contribution in [1.29, 1.82) is 0 Å². The van der Waals surface area contributed by atoms with Crippen LogP contribution in [-0.4, -0.2) is 65.1 Å². The summed E-state index contributed by atoms with van der Waals surface area (Å²) in [5.41, 5.74) is 4.97. The van der Waals surface area contributed by atoms with E-state index in [9.17, 15) is 0 Å². The number of methoxy groups -OCH3 is 1. The van der Waals surface area contributed by atoms with Crippen LogP contribution in [0.25, 0.3) is 0 Å². The molecule has 8 heteroatoms. The van der Waals surface area contributed by atoms with Crippen molar-refractivity contribution in [2.24, 2.45) is 0 Å². The smallest absolute Gasteiger partial charge is 0.215 e. The van der Waals surface area contributed by atoms with Crippen molar-refractivity contribution in [3.63, 3.8) is 0 Å². The van der Waals surface area contributed by atoms with Gasteiger partial charge in [0.05, 0.1) is 39.3 Å². The number of rotatable bonds is 7. The highest BCUT2D eigenvalue weighted by molar-refractivity contribution is 5.55. The maximum absolute atomic E-state index is 5.24. The van der Waals surface area contributed by atoms with Gasteiger partial charge in [0.25, 0.3) is 0 Å². The molecule has 30 heavy (non-hydrogen) atoms. The SMILES string of the molecule is COCCn1nnnc1[C@@H](c1ccccn1)[NH+]1CCN(c2cc(C)ccc2C)CC1. The molecule has 0 saturated carbocycles. The summed E-state index contributed by atoms with van der Waals surface area (Å²) in [5, 5.41) is 12.6. The number of benzene rings is 1. The lowest BCUT2D eigenvalue weighted by molar-refractivity contribution is -0.927. The number of hydrogen-bond acceptors (Lipinski definition) is 6. The zero-order valence-corrected chi connectivity index (χ0v) is 18.0. The van der Waals surface area contributed by atoms with Crippen molar-refractivity contribution in [3.05, 3.63) is 65.2 Å². The number of ether oxygens (including phenoxy) is 1. The Morgan fingerprint density at radius 3 is 2.70 bits per heavy atom. The largest absolute Gasteiger partial charge is 0.383 e. The first-order chi connectivity index (χ1) is 14.7. The monoisotopic (exact) mass is 408 g/mol. The van der Waals surface area contributed by atoms with Gasteiger partial charge in [0.2, 0.25) is 5.82 Å². The summed E-state index contributed by atoms with van der Waals surface area (Å²) in [6.07, 6.45) is 1.84. The predicted molar refractivity (Wildman–Crippen MR) is 115 cm³/mol. The van der Waals surface area contributed by atoms with E-state index in [1.54, 1.807) is 7.11 Å². The molecule has 8 nitrogen and oxygen atoms in total. The summed E-state index contributed by atoms with van der Waals surface area (Å²) >= 11 is 0. The number of aromatic nitrogens is 5. The molecule has 1 N–H and O–H groups in total. The molecule has 1 saturated heterocycles. The minimum absolute atomic E-state index is 0.00110. The van der Waals surface area contributed by atoms with Gasteiger partial charge in [0.1, 0.15) is 5.69 Å². The molecule has 0 bridgehead atoms. The van der Waals surface area contributed by atoms with Crippen LogP contribution in [-0.2, 0) is 11.3 Å². The fourth-order valence-corrected chi connectivity index (χ4v) is 4.21. The van der Waals surface area contributed by atoms with Crippen LogP contribution < -0.4 is 9.80 Å². The third-order valence-electron chi connectivity index (χ3n) is 5.83. The number of pyridine rings is 1. The third-order valence-corrected chi connectivity index (χ3v) is 5.83. The van der Waals surface area contributed by atoms with E-state index < -0.39 is 0 Å². The van der Waals surface area contributed by atoms with Crippen molar-refractivity contribution in [1.82, 2.24) is 25.2 Å². The van der Waals surface area contributed by atoms with E-state index in [4.69, 9.17) is 4.74 Å². The summed E-state index contributed by atoms with van der Waals surface area (Å²) in [6, 6.07) is 12.7. The highest BCUT2D eigenvalue weighted by Gasteiger charge is 2.35. The normalized spacial score (nSPS) is 16.0. The summed E-state index contributed by atoms with van der Waals surface area (Å²) in [4.78, 5) is 8.59. The Bertz CT molecular complexity index is 951. The lowest BCUT2D eigenvalue weighted by Crippen LogP contribution is -3.15. The molecule has 0 unspecified atom stereocenters. The zero-order valence-electron chi connectivity index (χ0n) is 18.0. The van der Waals surface area contributed by atoms with Gasteiger partial charge in [-0.3, -0.25) is 4.98 Å². The highest BCUT2D eigenvalue weighted by Crippen LogP contribution is 2.22. The van der Waals surface area contributed by atoms with Crippen LogP contribution in [0.3, 0.4) is 0 Å². The van der Waals surface area contributed by atoms with Crippen LogP contribution >= 0.6 is 0 Å². The maximum Gasteiger partial charge on any atom is 0.215 e. The van der Waals surface area contributed by atoms with Crippen LogP contribution in [0.15, 0.2) is 42.6 Å². The van der Waals surface area contributed by atoms with E-state index in [2.05, 4.69) is 63.5 Å². The maximum atomic E-state index is 5.24. The van der Waals surface area contributed by atoms with Crippen molar-refractivity contribution in [2.75, 3.05) is 44.8 Å². The molecular weight excluding hydrogens is 378 g/mol. The highest BCUT2D eigenvalue weighted by atomic mass is 16.5. The molecule has 0 amide bonds. The topological polar surface area (TPSA) is 73.4 Å². The summed E-state index contributed by atoms with van der Waals surface area (Å²) < 4.78 is 7.09. The van der Waals surface area contributed by atoms with Gasteiger partial charge in [0, 0.05) is 19.0 Å². The van der Waals surface area contributed by atoms with Gasteiger partial charge in [-0.15, -0.1) is 5.10 Å². The first-order valence-electron chi connectivity index (χ1n) is 10.5. The fraction of sp³-hybridized carbons (Fsp3) is 0.455. The van der Waals surface area contributed by atoms with Gasteiger partial charge in [0.15, 0.2) is 6.04 Å². The molecular formula is C22H30N7O+. The molecule has 0 spiro atoms. The molecule has 0 radical (unpaired) electrons. The molecule has 3 aromatic rings. The van der Waals surface area contributed by atoms with Crippen molar-refractivity contribution >= 4 is 5.69 Å². The lowest BCUT2D eigenvalue weighted by atomic mass is 10.1. The molecule has 1 aliphatic rings.